The second-order valence-corrected chi connectivity index (χ2v) is 5.06. The van der Waals surface area contributed by atoms with Crippen LogP contribution in [0, 0.1) is 0 Å². The van der Waals surface area contributed by atoms with E-state index in [0.29, 0.717) is 29.1 Å². The van der Waals surface area contributed by atoms with Gasteiger partial charge in [0.2, 0.25) is 0 Å². The lowest BCUT2D eigenvalue weighted by molar-refractivity contribution is -0.145. The highest BCUT2D eigenvalue weighted by atomic mass is 35.5. The highest BCUT2D eigenvalue weighted by Crippen LogP contribution is 2.43. The minimum Gasteiger partial charge on any atom is -0.481 e. The zero-order valence-corrected chi connectivity index (χ0v) is 10.3. The minimum atomic E-state index is -0.840. The van der Waals surface area contributed by atoms with Crippen molar-refractivity contribution in [3.05, 3.63) is 28.8 Å². The molecule has 1 saturated carbocycles. The van der Waals surface area contributed by atoms with Crippen LogP contribution in [0.2, 0.25) is 5.02 Å². The zero-order chi connectivity index (χ0) is 12.5. The number of carboxylic acid groups (broad SMARTS) is 1. The van der Waals surface area contributed by atoms with Crippen molar-refractivity contribution < 1.29 is 9.90 Å². The van der Waals surface area contributed by atoms with Crippen molar-refractivity contribution in [2.24, 2.45) is 0 Å². The fourth-order valence-electron chi connectivity index (χ4n) is 2.71. The van der Waals surface area contributed by atoms with E-state index in [9.17, 15) is 9.90 Å². The van der Waals surface area contributed by atoms with Gasteiger partial charge in [-0.3, -0.25) is 4.79 Å². The van der Waals surface area contributed by atoms with Crippen molar-refractivity contribution in [3.8, 4) is 0 Å². The molecule has 17 heavy (non-hydrogen) atoms. The van der Waals surface area contributed by atoms with E-state index in [2.05, 4.69) is 0 Å². The van der Waals surface area contributed by atoms with Gasteiger partial charge in [0, 0.05) is 0 Å². The predicted octanol–water partition coefficient (Wildman–Crippen LogP) is 3.21. The summed E-state index contributed by atoms with van der Waals surface area (Å²) in [5, 5.41) is 10.00. The van der Waals surface area contributed by atoms with Crippen molar-refractivity contribution in [1.29, 1.82) is 0 Å². The third-order valence-corrected chi connectivity index (χ3v) is 4.01. The van der Waals surface area contributed by atoms with Gasteiger partial charge in [-0.2, -0.15) is 0 Å². The summed E-state index contributed by atoms with van der Waals surface area (Å²) in [6.07, 6.45) is 4.24. The third kappa shape index (κ3) is 2.00. The van der Waals surface area contributed by atoms with E-state index in [1.54, 1.807) is 18.2 Å². The molecule has 0 bridgehead atoms. The van der Waals surface area contributed by atoms with Gasteiger partial charge >= 0.3 is 5.97 Å². The maximum absolute atomic E-state index is 11.6. The molecule has 0 aliphatic heterocycles. The SMILES string of the molecule is Nc1c(Cl)cccc1C1(C(=O)O)CCCCC1. The summed E-state index contributed by atoms with van der Waals surface area (Å²) < 4.78 is 0. The van der Waals surface area contributed by atoms with Crippen LogP contribution >= 0.6 is 11.6 Å². The first-order chi connectivity index (χ1) is 8.08. The van der Waals surface area contributed by atoms with E-state index in [4.69, 9.17) is 17.3 Å². The Kier molecular flexibility index (Phi) is 3.29. The van der Waals surface area contributed by atoms with Crippen molar-refractivity contribution in [1.82, 2.24) is 0 Å². The van der Waals surface area contributed by atoms with Crippen LogP contribution in [0.1, 0.15) is 37.7 Å². The second-order valence-electron chi connectivity index (χ2n) is 4.65. The molecule has 3 N–H and O–H groups in total. The molecule has 1 aliphatic rings. The lowest BCUT2D eigenvalue weighted by atomic mass is 9.69. The summed E-state index contributed by atoms with van der Waals surface area (Å²) in [5.74, 6) is -0.786. The Morgan fingerprint density at radius 2 is 1.94 bits per heavy atom. The average molecular weight is 254 g/mol. The number of benzene rings is 1. The number of hydrogen-bond donors (Lipinski definition) is 2. The van der Waals surface area contributed by atoms with Crippen LogP contribution in [-0.4, -0.2) is 11.1 Å². The number of nitrogens with two attached hydrogens (primary N) is 1. The highest BCUT2D eigenvalue weighted by Gasteiger charge is 2.42. The van der Waals surface area contributed by atoms with Gasteiger partial charge in [0.25, 0.3) is 0 Å². The number of halogens is 1. The van der Waals surface area contributed by atoms with Crippen LogP contribution in [0.25, 0.3) is 0 Å². The number of rotatable bonds is 2. The van der Waals surface area contributed by atoms with Crippen LogP contribution in [0.3, 0.4) is 0 Å². The molecule has 0 saturated heterocycles. The molecule has 1 aliphatic carbocycles. The maximum atomic E-state index is 11.6. The summed E-state index contributed by atoms with van der Waals surface area (Å²) in [6, 6.07) is 5.26. The Labute approximate surface area is 106 Å². The van der Waals surface area contributed by atoms with E-state index in [1.807, 2.05) is 0 Å². The summed E-state index contributed by atoms with van der Waals surface area (Å²) in [6.45, 7) is 0. The molecule has 1 aromatic rings. The van der Waals surface area contributed by atoms with E-state index < -0.39 is 11.4 Å². The maximum Gasteiger partial charge on any atom is 0.314 e. The van der Waals surface area contributed by atoms with E-state index in [-0.39, 0.29) is 0 Å². The molecule has 0 amide bonds. The van der Waals surface area contributed by atoms with Gasteiger partial charge in [0.15, 0.2) is 0 Å². The molecule has 0 heterocycles. The van der Waals surface area contributed by atoms with Crippen molar-refractivity contribution >= 4 is 23.3 Å². The standard InChI is InChI=1S/C13H16ClNO2/c14-10-6-4-5-9(11(10)15)13(12(16)17)7-2-1-3-8-13/h4-6H,1-3,7-8,15H2,(H,16,17). The lowest BCUT2D eigenvalue weighted by Gasteiger charge is -2.34. The van der Waals surface area contributed by atoms with Gasteiger partial charge in [-0.25, -0.2) is 0 Å². The Balaban J connectivity index is 2.53. The van der Waals surface area contributed by atoms with Crippen LogP contribution in [0.5, 0.6) is 0 Å². The fourth-order valence-corrected chi connectivity index (χ4v) is 2.88. The molecule has 0 unspecified atom stereocenters. The molecule has 1 aromatic carbocycles. The quantitative estimate of drug-likeness (QED) is 0.796. The fraction of sp³-hybridized carbons (Fsp3) is 0.462. The van der Waals surface area contributed by atoms with Crippen LogP contribution in [-0.2, 0) is 10.2 Å². The molecule has 92 valence electrons. The molecule has 0 spiro atoms. The first-order valence-corrected chi connectivity index (χ1v) is 6.23. The molecular formula is C13H16ClNO2. The zero-order valence-electron chi connectivity index (χ0n) is 9.58. The Morgan fingerprint density at radius 1 is 1.29 bits per heavy atom. The number of nitrogen functional groups attached to an aromatic ring is 1. The normalized spacial score (nSPS) is 18.9. The molecule has 2 rings (SSSR count). The minimum absolute atomic E-state index is 0.415. The highest BCUT2D eigenvalue weighted by molar-refractivity contribution is 6.33. The predicted molar refractivity (Wildman–Crippen MR) is 68.3 cm³/mol. The Morgan fingerprint density at radius 3 is 2.53 bits per heavy atom. The third-order valence-electron chi connectivity index (χ3n) is 3.68. The molecule has 0 radical (unpaired) electrons. The number of anilines is 1. The van der Waals surface area contributed by atoms with E-state index in [1.165, 1.54) is 0 Å². The average Bonchev–Trinajstić information content (AvgIpc) is 2.33. The first-order valence-electron chi connectivity index (χ1n) is 5.86. The van der Waals surface area contributed by atoms with E-state index in [0.717, 1.165) is 19.3 Å². The molecule has 1 fully saturated rings. The molecule has 3 nitrogen and oxygen atoms in total. The van der Waals surface area contributed by atoms with Gasteiger partial charge in [-0.1, -0.05) is 43.0 Å². The van der Waals surface area contributed by atoms with Crippen LogP contribution < -0.4 is 5.73 Å². The summed E-state index contributed by atoms with van der Waals surface area (Å²) in [4.78, 5) is 11.6. The van der Waals surface area contributed by atoms with Gasteiger partial charge in [0.1, 0.15) is 0 Å². The molecule has 0 atom stereocenters. The van der Waals surface area contributed by atoms with Gasteiger partial charge in [-0.05, 0) is 24.5 Å². The number of hydrogen-bond acceptors (Lipinski definition) is 2. The van der Waals surface area contributed by atoms with Gasteiger partial charge in [0.05, 0.1) is 16.1 Å². The monoisotopic (exact) mass is 253 g/mol. The Hall–Kier alpha value is -1.22. The lowest BCUT2D eigenvalue weighted by Crippen LogP contribution is -2.38. The largest absolute Gasteiger partial charge is 0.481 e. The van der Waals surface area contributed by atoms with E-state index >= 15 is 0 Å². The van der Waals surface area contributed by atoms with Crippen LogP contribution in [0.15, 0.2) is 18.2 Å². The number of carbonyl (C=O) groups is 1. The van der Waals surface area contributed by atoms with Crippen molar-refractivity contribution in [2.45, 2.75) is 37.5 Å². The molecule has 0 aromatic heterocycles. The second kappa shape index (κ2) is 4.57. The summed E-state index contributed by atoms with van der Waals surface area (Å²) in [5.41, 5.74) is 6.19. The molecular weight excluding hydrogens is 238 g/mol. The van der Waals surface area contributed by atoms with Crippen molar-refractivity contribution in [3.63, 3.8) is 0 Å². The number of para-hydroxylation sites is 1. The first kappa shape index (κ1) is 12.2. The van der Waals surface area contributed by atoms with Crippen LogP contribution in [0.4, 0.5) is 5.69 Å². The number of aliphatic carboxylic acids is 1. The van der Waals surface area contributed by atoms with Gasteiger partial charge < -0.3 is 10.8 Å². The number of carboxylic acids is 1. The van der Waals surface area contributed by atoms with Gasteiger partial charge in [-0.15, -0.1) is 0 Å². The topological polar surface area (TPSA) is 63.3 Å². The Bertz CT molecular complexity index is 439. The van der Waals surface area contributed by atoms with Crippen molar-refractivity contribution in [2.75, 3.05) is 5.73 Å². The summed E-state index contributed by atoms with van der Waals surface area (Å²) >= 11 is 5.98. The smallest absolute Gasteiger partial charge is 0.314 e. The summed E-state index contributed by atoms with van der Waals surface area (Å²) in [7, 11) is 0. The molecule has 4 heteroatoms.